The molecule has 0 spiro atoms. The average molecular weight is 183 g/mol. The molecule has 0 amide bonds. The minimum atomic E-state index is 0.475. The Hall–Kier alpha value is -0.730. The number of hydrogen-bond acceptors (Lipinski definition) is 1. The van der Waals surface area contributed by atoms with Gasteiger partial charge in [0.15, 0.2) is 5.96 Å². The van der Waals surface area contributed by atoms with E-state index in [0.29, 0.717) is 11.4 Å². The maximum Gasteiger partial charge on any atom is 0.190 e. The Morgan fingerprint density at radius 1 is 1.31 bits per heavy atom. The molecule has 13 heavy (non-hydrogen) atoms. The molecule has 0 unspecified atom stereocenters. The molecular weight excluding hydrogens is 162 g/mol. The largest absolute Gasteiger partial charge is 0.370 e. The summed E-state index contributed by atoms with van der Waals surface area (Å²) in [7, 11) is 1.76. The molecule has 0 aromatic heterocycles. The summed E-state index contributed by atoms with van der Waals surface area (Å²) in [6.45, 7) is 6.77. The Morgan fingerprint density at radius 2 is 2.00 bits per heavy atom. The van der Waals surface area contributed by atoms with Crippen LogP contribution in [0.4, 0.5) is 0 Å². The molecule has 0 aromatic carbocycles. The highest BCUT2D eigenvalue weighted by atomic mass is 15.2. The lowest BCUT2D eigenvalue weighted by Gasteiger charge is -2.23. The van der Waals surface area contributed by atoms with Gasteiger partial charge in [-0.1, -0.05) is 13.8 Å². The van der Waals surface area contributed by atoms with Gasteiger partial charge in [-0.3, -0.25) is 4.99 Å². The van der Waals surface area contributed by atoms with E-state index in [9.17, 15) is 0 Å². The van der Waals surface area contributed by atoms with E-state index in [-0.39, 0.29) is 0 Å². The van der Waals surface area contributed by atoms with Crippen LogP contribution in [-0.4, -0.2) is 31.0 Å². The Kier molecular flexibility index (Phi) is 3.17. The molecule has 1 fully saturated rings. The number of rotatable bonds is 0. The number of likely N-dealkylation sites (tertiary alicyclic amines) is 1. The van der Waals surface area contributed by atoms with E-state index in [4.69, 9.17) is 5.73 Å². The minimum absolute atomic E-state index is 0.475. The van der Waals surface area contributed by atoms with Crippen molar-refractivity contribution >= 4 is 5.96 Å². The molecule has 1 saturated heterocycles. The van der Waals surface area contributed by atoms with E-state index >= 15 is 0 Å². The van der Waals surface area contributed by atoms with Gasteiger partial charge in [0.1, 0.15) is 0 Å². The SMILES string of the molecule is CN=C(N)N1CCCC(C)(C)CC1. The van der Waals surface area contributed by atoms with Gasteiger partial charge >= 0.3 is 0 Å². The molecule has 76 valence electrons. The third-order valence-corrected chi connectivity index (χ3v) is 2.89. The summed E-state index contributed by atoms with van der Waals surface area (Å²) in [4.78, 5) is 6.21. The standard InChI is InChI=1S/C10H21N3/c1-10(2)5-4-7-13(8-6-10)9(11)12-3/h4-8H2,1-3H3,(H2,11,12). The summed E-state index contributed by atoms with van der Waals surface area (Å²) < 4.78 is 0. The molecule has 0 bridgehead atoms. The lowest BCUT2D eigenvalue weighted by molar-refractivity contribution is 0.313. The van der Waals surface area contributed by atoms with Crippen molar-refractivity contribution in [2.75, 3.05) is 20.1 Å². The summed E-state index contributed by atoms with van der Waals surface area (Å²) in [5.74, 6) is 0.692. The molecule has 0 aromatic rings. The summed E-state index contributed by atoms with van der Waals surface area (Å²) >= 11 is 0. The maximum atomic E-state index is 5.78. The molecule has 0 saturated carbocycles. The second kappa shape index (κ2) is 3.99. The van der Waals surface area contributed by atoms with Gasteiger partial charge in [-0.05, 0) is 24.7 Å². The summed E-state index contributed by atoms with van der Waals surface area (Å²) in [5.41, 5.74) is 6.26. The van der Waals surface area contributed by atoms with Crippen LogP contribution in [0.1, 0.15) is 33.1 Å². The van der Waals surface area contributed by atoms with Crippen molar-refractivity contribution in [1.29, 1.82) is 0 Å². The molecule has 2 N–H and O–H groups in total. The first-order valence-electron chi connectivity index (χ1n) is 5.02. The first-order valence-corrected chi connectivity index (χ1v) is 5.02. The predicted molar refractivity (Wildman–Crippen MR) is 56.8 cm³/mol. The van der Waals surface area contributed by atoms with Gasteiger partial charge in [0.05, 0.1) is 0 Å². The normalized spacial score (nSPS) is 24.2. The fourth-order valence-electron chi connectivity index (χ4n) is 1.79. The molecule has 1 aliphatic heterocycles. The molecule has 1 aliphatic rings. The maximum absolute atomic E-state index is 5.78. The van der Waals surface area contributed by atoms with Crippen LogP contribution in [0.5, 0.6) is 0 Å². The Bertz CT molecular complexity index is 196. The fraction of sp³-hybridized carbons (Fsp3) is 0.900. The quantitative estimate of drug-likeness (QED) is 0.456. The van der Waals surface area contributed by atoms with E-state index in [1.165, 1.54) is 19.3 Å². The second-order valence-electron chi connectivity index (χ2n) is 4.59. The molecule has 3 nitrogen and oxygen atoms in total. The molecular formula is C10H21N3. The molecule has 3 heteroatoms. The van der Waals surface area contributed by atoms with Crippen LogP contribution in [0.2, 0.25) is 0 Å². The highest BCUT2D eigenvalue weighted by molar-refractivity contribution is 5.77. The molecule has 1 heterocycles. The van der Waals surface area contributed by atoms with Crippen molar-refractivity contribution in [3.63, 3.8) is 0 Å². The zero-order chi connectivity index (χ0) is 9.90. The topological polar surface area (TPSA) is 41.6 Å². The lowest BCUT2D eigenvalue weighted by atomic mass is 9.85. The second-order valence-corrected chi connectivity index (χ2v) is 4.59. The van der Waals surface area contributed by atoms with Crippen LogP contribution in [0, 0.1) is 5.41 Å². The number of aliphatic imine (C=N–C) groups is 1. The summed E-state index contributed by atoms with van der Waals surface area (Å²) in [6.07, 6.45) is 3.73. The number of nitrogens with two attached hydrogens (primary N) is 1. The zero-order valence-electron chi connectivity index (χ0n) is 9.01. The van der Waals surface area contributed by atoms with Crippen molar-refractivity contribution in [2.24, 2.45) is 16.1 Å². The van der Waals surface area contributed by atoms with E-state index in [1.807, 2.05) is 0 Å². The summed E-state index contributed by atoms with van der Waals surface area (Å²) in [6, 6.07) is 0. The fourth-order valence-corrected chi connectivity index (χ4v) is 1.79. The predicted octanol–water partition coefficient (Wildman–Crippen LogP) is 1.44. The van der Waals surface area contributed by atoms with Crippen LogP contribution in [0.3, 0.4) is 0 Å². The van der Waals surface area contributed by atoms with Crippen LogP contribution in [-0.2, 0) is 0 Å². The van der Waals surface area contributed by atoms with Gasteiger partial charge < -0.3 is 10.6 Å². The Morgan fingerprint density at radius 3 is 2.62 bits per heavy atom. The van der Waals surface area contributed by atoms with E-state index in [1.54, 1.807) is 7.05 Å². The van der Waals surface area contributed by atoms with Crippen LogP contribution in [0.15, 0.2) is 4.99 Å². The van der Waals surface area contributed by atoms with Gasteiger partial charge in [0, 0.05) is 20.1 Å². The van der Waals surface area contributed by atoms with Crippen molar-refractivity contribution in [1.82, 2.24) is 4.90 Å². The third-order valence-electron chi connectivity index (χ3n) is 2.89. The van der Waals surface area contributed by atoms with Gasteiger partial charge in [0.2, 0.25) is 0 Å². The lowest BCUT2D eigenvalue weighted by Crippen LogP contribution is -2.38. The zero-order valence-corrected chi connectivity index (χ0v) is 9.01. The van der Waals surface area contributed by atoms with E-state index in [2.05, 4.69) is 23.7 Å². The highest BCUT2D eigenvalue weighted by Gasteiger charge is 2.23. The number of nitrogens with zero attached hydrogens (tertiary/aromatic N) is 2. The first-order chi connectivity index (χ1) is 6.05. The van der Waals surface area contributed by atoms with Crippen molar-refractivity contribution in [3.05, 3.63) is 0 Å². The molecule has 1 rings (SSSR count). The van der Waals surface area contributed by atoms with Crippen molar-refractivity contribution in [3.8, 4) is 0 Å². The Balaban J connectivity index is 2.55. The molecule has 0 atom stereocenters. The van der Waals surface area contributed by atoms with Crippen LogP contribution in [0.25, 0.3) is 0 Å². The number of hydrogen-bond donors (Lipinski definition) is 1. The van der Waals surface area contributed by atoms with Crippen molar-refractivity contribution in [2.45, 2.75) is 33.1 Å². The Labute approximate surface area is 81.0 Å². The first kappa shape index (κ1) is 10.4. The van der Waals surface area contributed by atoms with Gasteiger partial charge in [-0.25, -0.2) is 0 Å². The third kappa shape index (κ3) is 2.90. The van der Waals surface area contributed by atoms with Crippen LogP contribution >= 0.6 is 0 Å². The summed E-state index contributed by atoms with van der Waals surface area (Å²) in [5, 5.41) is 0. The van der Waals surface area contributed by atoms with Gasteiger partial charge in [-0.2, -0.15) is 0 Å². The number of guanidine groups is 1. The monoisotopic (exact) mass is 183 g/mol. The van der Waals surface area contributed by atoms with E-state index in [0.717, 1.165) is 13.1 Å². The van der Waals surface area contributed by atoms with Crippen molar-refractivity contribution < 1.29 is 0 Å². The molecule has 0 aliphatic carbocycles. The minimum Gasteiger partial charge on any atom is -0.370 e. The smallest absolute Gasteiger partial charge is 0.190 e. The average Bonchev–Trinajstić information content (AvgIpc) is 2.25. The van der Waals surface area contributed by atoms with Gasteiger partial charge in [0.25, 0.3) is 0 Å². The molecule has 0 radical (unpaired) electrons. The highest BCUT2D eigenvalue weighted by Crippen LogP contribution is 2.29. The van der Waals surface area contributed by atoms with Crippen LogP contribution < -0.4 is 5.73 Å². The van der Waals surface area contributed by atoms with Gasteiger partial charge in [-0.15, -0.1) is 0 Å². The van der Waals surface area contributed by atoms with E-state index < -0.39 is 0 Å².